The van der Waals surface area contributed by atoms with Crippen LogP contribution >= 0.6 is 11.3 Å². The predicted octanol–water partition coefficient (Wildman–Crippen LogP) is 1.41. The number of primary amides is 1. The molecule has 0 radical (unpaired) electrons. The van der Waals surface area contributed by atoms with E-state index in [1.54, 1.807) is 30.5 Å². The van der Waals surface area contributed by atoms with Crippen molar-refractivity contribution < 1.29 is 28.7 Å². The highest BCUT2D eigenvalue weighted by molar-refractivity contribution is 7.14. The van der Waals surface area contributed by atoms with Crippen molar-refractivity contribution in [2.45, 2.75) is 18.9 Å². The smallest absolute Gasteiger partial charge is 0.325 e. The third-order valence-corrected chi connectivity index (χ3v) is 5.92. The summed E-state index contributed by atoms with van der Waals surface area (Å²) in [6.45, 7) is 2.06. The van der Waals surface area contributed by atoms with Crippen molar-refractivity contribution in [3.63, 3.8) is 0 Å². The van der Waals surface area contributed by atoms with E-state index in [4.69, 9.17) is 15.2 Å². The summed E-state index contributed by atoms with van der Waals surface area (Å²) in [5, 5.41) is 7.04. The summed E-state index contributed by atoms with van der Waals surface area (Å²) >= 11 is 1.11. The third-order valence-electron chi connectivity index (χ3n) is 5.09. The number of anilines is 1. The highest BCUT2D eigenvalue weighted by atomic mass is 32.1. The lowest BCUT2D eigenvalue weighted by Gasteiger charge is -2.23. The number of benzene rings is 1. The molecule has 4 N–H and O–H groups in total. The van der Waals surface area contributed by atoms with Crippen molar-refractivity contribution in [3.05, 3.63) is 40.8 Å². The Balaban J connectivity index is 1.52. The molecule has 1 aromatic carbocycles. The van der Waals surface area contributed by atoms with Crippen LogP contribution in [0, 0.1) is 0 Å². The Bertz CT molecular complexity index is 1080. The van der Waals surface area contributed by atoms with E-state index in [0.29, 0.717) is 30.3 Å². The molecule has 0 aliphatic carbocycles. The number of imide groups is 1. The first-order valence-electron chi connectivity index (χ1n) is 9.51. The van der Waals surface area contributed by atoms with Crippen molar-refractivity contribution in [2.24, 2.45) is 5.73 Å². The van der Waals surface area contributed by atoms with Crippen LogP contribution in [0.3, 0.4) is 0 Å². The molecule has 5 amide bonds. The van der Waals surface area contributed by atoms with Crippen LogP contribution in [-0.4, -0.2) is 48.4 Å². The van der Waals surface area contributed by atoms with Crippen LogP contribution in [0.5, 0.6) is 11.5 Å². The summed E-state index contributed by atoms with van der Waals surface area (Å²) in [5.41, 5.74) is 4.56. The summed E-state index contributed by atoms with van der Waals surface area (Å²) in [6, 6.07) is 5.82. The normalized spacial score (nSPS) is 20.2. The second-order valence-corrected chi connectivity index (χ2v) is 8.15. The summed E-state index contributed by atoms with van der Waals surface area (Å²) in [6.07, 6.45) is 0.738. The monoisotopic (exact) mass is 444 g/mol. The van der Waals surface area contributed by atoms with E-state index in [1.807, 2.05) is 0 Å². The van der Waals surface area contributed by atoms with Crippen LogP contribution in [0.4, 0.5) is 9.80 Å². The lowest BCUT2D eigenvalue weighted by Crippen LogP contribution is -2.42. The Morgan fingerprint density at radius 1 is 1.23 bits per heavy atom. The van der Waals surface area contributed by atoms with Crippen LogP contribution < -0.4 is 25.8 Å². The van der Waals surface area contributed by atoms with Crippen molar-refractivity contribution in [1.29, 1.82) is 0 Å². The Labute approximate surface area is 181 Å². The first kappa shape index (κ1) is 20.7. The number of carbonyl (C=O) groups is 4. The van der Waals surface area contributed by atoms with E-state index in [2.05, 4.69) is 10.6 Å². The van der Waals surface area contributed by atoms with Gasteiger partial charge in [-0.2, -0.15) is 0 Å². The maximum absolute atomic E-state index is 13.1. The molecular weight excluding hydrogens is 424 g/mol. The molecule has 1 fully saturated rings. The van der Waals surface area contributed by atoms with Gasteiger partial charge in [-0.3, -0.25) is 19.3 Å². The van der Waals surface area contributed by atoms with Crippen molar-refractivity contribution in [3.8, 4) is 11.5 Å². The highest BCUT2D eigenvalue weighted by Crippen LogP contribution is 2.36. The molecule has 4 rings (SSSR count). The van der Waals surface area contributed by atoms with E-state index in [0.717, 1.165) is 22.7 Å². The van der Waals surface area contributed by atoms with Gasteiger partial charge < -0.3 is 25.8 Å². The molecule has 31 heavy (non-hydrogen) atoms. The number of urea groups is 1. The van der Waals surface area contributed by atoms with Gasteiger partial charge >= 0.3 is 6.03 Å². The third kappa shape index (κ3) is 3.79. The first-order valence-corrected chi connectivity index (χ1v) is 10.4. The fraction of sp³-hybridized carbons (Fsp3) is 0.300. The molecule has 2 aliphatic rings. The minimum Gasteiger partial charge on any atom is -0.490 e. The van der Waals surface area contributed by atoms with Crippen molar-refractivity contribution >= 4 is 40.1 Å². The Morgan fingerprint density at radius 2 is 1.97 bits per heavy atom. The fourth-order valence-corrected chi connectivity index (χ4v) is 4.23. The fourth-order valence-electron chi connectivity index (χ4n) is 3.42. The summed E-state index contributed by atoms with van der Waals surface area (Å²) < 4.78 is 11.3. The molecular formula is C20H20N4O6S. The summed E-state index contributed by atoms with van der Waals surface area (Å²) in [5.74, 6) is -0.835. The largest absolute Gasteiger partial charge is 0.490 e. The molecule has 0 unspecified atom stereocenters. The van der Waals surface area contributed by atoms with Crippen LogP contribution in [0.15, 0.2) is 29.6 Å². The van der Waals surface area contributed by atoms with Gasteiger partial charge in [0.05, 0.1) is 18.8 Å². The van der Waals surface area contributed by atoms with Gasteiger partial charge in [0.25, 0.3) is 11.8 Å². The Morgan fingerprint density at radius 3 is 2.71 bits per heavy atom. The first-order chi connectivity index (χ1) is 14.8. The zero-order valence-electron chi connectivity index (χ0n) is 16.6. The maximum Gasteiger partial charge on any atom is 0.325 e. The topological polar surface area (TPSA) is 140 Å². The van der Waals surface area contributed by atoms with Crippen LogP contribution in [0.25, 0.3) is 0 Å². The lowest BCUT2D eigenvalue weighted by atomic mass is 9.91. The van der Waals surface area contributed by atoms with Crippen LogP contribution in [0.1, 0.15) is 29.3 Å². The van der Waals surface area contributed by atoms with Gasteiger partial charge in [0.1, 0.15) is 17.1 Å². The number of rotatable bonds is 5. The van der Waals surface area contributed by atoms with Gasteiger partial charge in [-0.05, 0) is 36.1 Å². The molecule has 162 valence electrons. The molecule has 2 aliphatic heterocycles. The van der Waals surface area contributed by atoms with Gasteiger partial charge in [0.15, 0.2) is 11.5 Å². The van der Waals surface area contributed by atoms with Gasteiger partial charge in [0, 0.05) is 6.42 Å². The maximum atomic E-state index is 13.1. The molecule has 1 saturated heterocycles. The highest BCUT2D eigenvalue weighted by Gasteiger charge is 2.49. The van der Waals surface area contributed by atoms with Gasteiger partial charge in [-0.25, -0.2) is 4.79 Å². The molecule has 1 atom stereocenters. The molecule has 0 saturated carbocycles. The van der Waals surface area contributed by atoms with E-state index >= 15 is 0 Å². The number of ether oxygens (including phenoxy) is 2. The zero-order chi connectivity index (χ0) is 22.2. The molecule has 0 spiro atoms. The number of nitrogens with two attached hydrogens (primary N) is 1. The number of nitrogens with one attached hydrogen (secondary N) is 2. The molecule has 2 aromatic rings. The number of nitrogens with zero attached hydrogens (tertiary/aromatic N) is 1. The number of carbonyl (C=O) groups excluding carboxylic acids is 4. The molecule has 1 aromatic heterocycles. The summed E-state index contributed by atoms with van der Waals surface area (Å²) in [4.78, 5) is 50.3. The second-order valence-electron chi connectivity index (χ2n) is 7.23. The molecule has 11 heteroatoms. The van der Waals surface area contributed by atoms with Crippen molar-refractivity contribution in [2.75, 3.05) is 25.1 Å². The van der Waals surface area contributed by atoms with Gasteiger partial charge in [-0.15, -0.1) is 11.3 Å². The predicted molar refractivity (Wildman–Crippen MR) is 111 cm³/mol. The van der Waals surface area contributed by atoms with E-state index in [9.17, 15) is 19.2 Å². The number of hydrogen-bond donors (Lipinski definition) is 3. The average Bonchev–Trinajstić information content (AvgIpc) is 3.16. The Hall–Kier alpha value is -3.60. The van der Waals surface area contributed by atoms with E-state index in [-0.39, 0.29) is 10.6 Å². The Kier molecular flexibility index (Phi) is 5.27. The van der Waals surface area contributed by atoms with Crippen molar-refractivity contribution in [1.82, 2.24) is 10.2 Å². The van der Waals surface area contributed by atoms with Gasteiger partial charge in [-0.1, -0.05) is 6.07 Å². The van der Waals surface area contributed by atoms with E-state index in [1.165, 1.54) is 6.07 Å². The van der Waals surface area contributed by atoms with Gasteiger partial charge in [0.2, 0.25) is 5.91 Å². The SMILES string of the molecule is C[C@@]1(c2ccc3c(c2)OCCCO3)NC(=O)N(CC(=O)Nc2sccc2C(N)=O)C1=O. The second kappa shape index (κ2) is 7.91. The number of thiophene rings is 1. The lowest BCUT2D eigenvalue weighted by molar-refractivity contribution is -0.133. The standard InChI is InChI=1S/C20H20N4O6S/c1-20(11-3-4-13-14(9-11)30-7-2-6-29-13)18(27)24(19(28)23-20)10-15(25)22-17-12(16(21)26)5-8-31-17/h3-5,8-9H,2,6-7,10H2,1H3,(H2,21,26)(H,22,25)(H,23,28)/t20-/m0/s1. The number of hydrogen-bond acceptors (Lipinski definition) is 7. The summed E-state index contributed by atoms with van der Waals surface area (Å²) in [7, 11) is 0. The van der Waals surface area contributed by atoms with Crippen LogP contribution in [-0.2, 0) is 15.1 Å². The number of fused-ring (bicyclic) bond motifs is 1. The quantitative estimate of drug-likeness (QED) is 0.596. The van der Waals surface area contributed by atoms with E-state index < -0.39 is 35.8 Å². The minimum atomic E-state index is -1.37. The number of amides is 5. The molecule has 3 heterocycles. The molecule has 10 nitrogen and oxygen atoms in total. The zero-order valence-corrected chi connectivity index (χ0v) is 17.4. The molecule has 0 bridgehead atoms. The van der Waals surface area contributed by atoms with Crippen LogP contribution in [0.2, 0.25) is 0 Å². The average molecular weight is 444 g/mol. The minimum absolute atomic E-state index is 0.160.